The maximum Gasteiger partial charge on any atom is 0.490 e. The molecule has 3 heterocycles. The van der Waals surface area contributed by atoms with Crippen LogP contribution in [0.25, 0.3) is 11.4 Å². The highest BCUT2D eigenvalue weighted by Crippen LogP contribution is 2.31. The Morgan fingerprint density at radius 3 is 1.85 bits per heavy atom. The van der Waals surface area contributed by atoms with Crippen molar-refractivity contribution in [3.8, 4) is 11.4 Å². The van der Waals surface area contributed by atoms with E-state index in [1.807, 2.05) is 12.1 Å². The Hall–Kier alpha value is -4.22. The average Bonchev–Trinajstić information content (AvgIpc) is 3.54. The number of nitrogens with zero attached hydrogens (tertiary/aromatic N) is 4. The Bertz CT molecular complexity index is 1250. The van der Waals surface area contributed by atoms with E-state index in [-0.39, 0.29) is 5.92 Å². The Morgan fingerprint density at radius 1 is 0.878 bits per heavy atom. The first kappa shape index (κ1) is 33.0. The topological polar surface area (TPSA) is 130 Å². The molecule has 2 N–H and O–H groups in total. The molecule has 0 aliphatic carbocycles. The van der Waals surface area contributed by atoms with Crippen LogP contribution in [0.1, 0.15) is 29.4 Å². The van der Waals surface area contributed by atoms with Crippen molar-refractivity contribution in [1.29, 1.82) is 0 Å². The summed E-state index contributed by atoms with van der Waals surface area (Å²) in [4.78, 5) is 28.4. The van der Waals surface area contributed by atoms with Crippen LogP contribution in [-0.4, -0.2) is 67.6 Å². The Morgan fingerprint density at radius 2 is 1.39 bits per heavy atom. The maximum atomic E-state index is 12.7. The van der Waals surface area contributed by atoms with Gasteiger partial charge in [-0.05, 0) is 42.8 Å². The van der Waals surface area contributed by atoms with Crippen LogP contribution in [0.5, 0.6) is 0 Å². The predicted octanol–water partition coefficient (Wildman–Crippen LogP) is 5.41. The second-order valence-electron chi connectivity index (χ2n) is 8.21. The molecule has 1 atom stereocenters. The summed E-state index contributed by atoms with van der Waals surface area (Å²) in [5, 5.41) is 18.3. The van der Waals surface area contributed by atoms with Gasteiger partial charge in [0, 0.05) is 31.0 Å². The van der Waals surface area contributed by atoms with E-state index in [1.165, 1.54) is 12.1 Å². The van der Waals surface area contributed by atoms with Gasteiger partial charge in [0.05, 0.1) is 11.5 Å². The lowest BCUT2D eigenvalue weighted by atomic mass is 10.1. The summed E-state index contributed by atoms with van der Waals surface area (Å²) >= 11 is 0. The highest BCUT2D eigenvalue weighted by Gasteiger charge is 2.39. The lowest BCUT2D eigenvalue weighted by Gasteiger charge is -2.15. The van der Waals surface area contributed by atoms with Crippen LogP contribution < -0.4 is 0 Å². The number of halogens is 9. The zero-order chi connectivity index (χ0) is 31.0. The van der Waals surface area contributed by atoms with E-state index in [0.29, 0.717) is 18.3 Å². The molecule has 2 aromatic heterocycles. The van der Waals surface area contributed by atoms with Crippen molar-refractivity contribution in [2.24, 2.45) is 0 Å². The Labute approximate surface area is 224 Å². The summed E-state index contributed by atoms with van der Waals surface area (Å²) in [6.07, 6.45) is -10.3. The molecule has 41 heavy (non-hydrogen) atoms. The summed E-state index contributed by atoms with van der Waals surface area (Å²) in [6.45, 7) is 2.16. The molecular weight excluding hydrogens is 583 g/mol. The van der Waals surface area contributed by atoms with Crippen molar-refractivity contribution in [2.45, 2.75) is 37.4 Å². The largest absolute Gasteiger partial charge is 0.490 e. The minimum Gasteiger partial charge on any atom is -0.475 e. The number of carboxylic acids is 2. The van der Waals surface area contributed by atoms with Gasteiger partial charge in [0.15, 0.2) is 0 Å². The molecule has 0 saturated carbocycles. The molecule has 0 radical (unpaired) electrons. The van der Waals surface area contributed by atoms with Crippen LogP contribution in [0.4, 0.5) is 39.5 Å². The molecule has 1 unspecified atom stereocenters. The van der Waals surface area contributed by atoms with Crippen LogP contribution in [0.2, 0.25) is 0 Å². The van der Waals surface area contributed by atoms with E-state index in [9.17, 15) is 39.5 Å². The summed E-state index contributed by atoms with van der Waals surface area (Å²) in [7, 11) is 0. The molecule has 4 rings (SSSR count). The highest BCUT2D eigenvalue weighted by atomic mass is 19.4. The fraction of sp³-hybridized carbons (Fsp3) is 0.348. The van der Waals surface area contributed by atoms with E-state index >= 15 is 0 Å². The van der Waals surface area contributed by atoms with Crippen molar-refractivity contribution in [3.63, 3.8) is 0 Å². The second kappa shape index (κ2) is 13.4. The van der Waals surface area contributed by atoms with Crippen molar-refractivity contribution in [2.75, 3.05) is 13.1 Å². The van der Waals surface area contributed by atoms with E-state index in [0.717, 1.165) is 42.8 Å². The van der Waals surface area contributed by atoms with E-state index < -0.39 is 36.0 Å². The SMILES string of the molecule is FC(F)(F)c1ccc(CN2CCC(c3nc(-c4ccncc4)no3)C2)cc1.O=C(O)C(F)(F)F.O=C(O)C(F)(F)F. The minimum absolute atomic E-state index is 0.127. The molecule has 0 amide bonds. The monoisotopic (exact) mass is 602 g/mol. The van der Waals surface area contributed by atoms with Gasteiger partial charge in [-0.3, -0.25) is 9.88 Å². The number of hydrogen-bond donors (Lipinski definition) is 2. The van der Waals surface area contributed by atoms with Gasteiger partial charge in [0.1, 0.15) is 0 Å². The number of benzene rings is 1. The summed E-state index contributed by atoms with van der Waals surface area (Å²) in [6, 6.07) is 8.96. The van der Waals surface area contributed by atoms with Gasteiger partial charge in [-0.15, -0.1) is 0 Å². The third kappa shape index (κ3) is 10.7. The van der Waals surface area contributed by atoms with Gasteiger partial charge in [-0.2, -0.15) is 44.5 Å². The van der Waals surface area contributed by atoms with Crippen molar-refractivity contribution in [1.82, 2.24) is 20.0 Å². The van der Waals surface area contributed by atoms with Gasteiger partial charge in [-0.25, -0.2) is 9.59 Å². The number of hydrogen-bond acceptors (Lipinski definition) is 7. The summed E-state index contributed by atoms with van der Waals surface area (Å²) in [5.41, 5.74) is 1.08. The van der Waals surface area contributed by atoms with Gasteiger partial charge in [0.2, 0.25) is 11.7 Å². The smallest absolute Gasteiger partial charge is 0.475 e. The van der Waals surface area contributed by atoms with E-state index in [2.05, 4.69) is 20.0 Å². The lowest BCUT2D eigenvalue weighted by molar-refractivity contribution is -0.193. The molecule has 0 spiro atoms. The normalized spacial score (nSPS) is 15.8. The van der Waals surface area contributed by atoms with Crippen molar-refractivity contribution < 1.29 is 63.8 Å². The molecule has 1 aliphatic heterocycles. The standard InChI is InChI=1S/C19H17F3N4O.2C2HF3O2/c20-19(21,22)16-3-1-13(2-4-16)11-26-10-7-15(12-26)18-24-17(25-27-18)14-5-8-23-9-6-14;2*3-2(4,5)1(6)7/h1-6,8-9,15H,7,10-12H2;2*(H,6,7). The van der Waals surface area contributed by atoms with Crippen LogP contribution in [-0.2, 0) is 22.3 Å². The first-order valence-electron chi connectivity index (χ1n) is 11.1. The van der Waals surface area contributed by atoms with Gasteiger partial charge in [-0.1, -0.05) is 17.3 Å². The fourth-order valence-electron chi connectivity index (χ4n) is 3.25. The summed E-state index contributed by atoms with van der Waals surface area (Å²) in [5.74, 6) is -4.26. The lowest BCUT2D eigenvalue weighted by Crippen LogP contribution is -2.21. The minimum atomic E-state index is -5.08. The number of pyridine rings is 1. The Kier molecular flexibility index (Phi) is 10.8. The van der Waals surface area contributed by atoms with Crippen LogP contribution >= 0.6 is 0 Å². The third-order valence-electron chi connectivity index (χ3n) is 5.17. The zero-order valence-electron chi connectivity index (χ0n) is 20.3. The first-order valence-corrected chi connectivity index (χ1v) is 11.1. The fourth-order valence-corrected chi connectivity index (χ4v) is 3.25. The third-order valence-corrected chi connectivity index (χ3v) is 5.17. The Balaban J connectivity index is 0.000000349. The van der Waals surface area contributed by atoms with Crippen LogP contribution in [0.15, 0.2) is 53.3 Å². The van der Waals surface area contributed by atoms with Gasteiger partial charge in [0.25, 0.3) is 0 Å². The molecule has 18 heteroatoms. The van der Waals surface area contributed by atoms with E-state index in [1.54, 1.807) is 12.4 Å². The highest BCUT2D eigenvalue weighted by molar-refractivity contribution is 5.73. The molecule has 1 aromatic carbocycles. The first-order chi connectivity index (χ1) is 18.9. The molecule has 224 valence electrons. The number of carbonyl (C=O) groups is 2. The van der Waals surface area contributed by atoms with E-state index in [4.69, 9.17) is 24.3 Å². The molecule has 0 bridgehead atoms. The molecule has 1 aliphatic rings. The number of alkyl halides is 9. The number of aromatic nitrogens is 3. The predicted molar refractivity (Wildman–Crippen MR) is 119 cm³/mol. The molecular formula is C23H19F9N4O5. The molecule has 1 saturated heterocycles. The quantitative estimate of drug-likeness (QED) is 0.377. The molecule has 3 aromatic rings. The average molecular weight is 602 g/mol. The maximum absolute atomic E-state index is 12.7. The van der Waals surface area contributed by atoms with Crippen LogP contribution in [0, 0.1) is 0 Å². The number of carboxylic acid groups (broad SMARTS) is 2. The van der Waals surface area contributed by atoms with Crippen molar-refractivity contribution in [3.05, 3.63) is 65.8 Å². The molecule has 1 fully saturated rings. The van der Waals surface area contributed by atoms with Gasteiger partial charge < -0.3 is 14.7 Å². The van der Waals surface area contributed by atoms with Crippen LogP contribution in [0.3, 0.4) is 0 Å². The number of likely N-dealkylation sites (tertiary alicyclic amines) is 1. The number of aliphatic carboxylic acids is 2. The molecule has 9 nitrogen and oxygen atoms in total. The van der Waals surface area contributed by atoms with Gasteiger partial charge >= 0.3 is 30.5 Å². The van der Waals surface area contributed by atoms with Crippen molar-refractivity contribution >= 4 is 11.9 Å². The second-order valence-corrected chi connectivity index (χ2v) is 8.21. The number of rotatable bonds is 4. The summed E-state index contributed by atoms with van der Waals surface area (Å²) < 4.78 is 107. The zero-order valence-corrected chi connectivity index (χ0v) is 20.3.